The first-order valence-corrected chi connectivity index (χ1v) is 8.55. The monoisotopic (exact) mass is 384 g/mol. The second-order valence-electron chi connectivity index (χ2n) is 6.38. The first kappa shape index (κ1) is 21.9. The smallest absolute Gasteiger partial charge is 0.187 e. The van der Waals surface area contributed by atoms with Gasteiger partial charge >= 0.3 is 0 Å². The van der Waals surface area contributed by atoms with Crippen LogP contribution in [-0.2, 0) is 18.9 Å². The van der Waals surface area contributed by atoms with E-state index in [1.807, 2.05) is 6.92 Å². The molecule has 2 aliphatic heterocycles. The normalized spacial score (nSPS) is 47.1. The van der Waals surface area contributed by atoms with Crippen molar-refractivity contribution in [2.45, 2.75) is 74.8 Å². The van der Waals surface area contributed by atoms with Crippen LogP contribution >= 0.6 is 0 Å². The molecule has 0 aromatic rings. The zero-order valence-electron chi connectivity index (χ0n) is 14.4. The first-order valence-electron chi connectivity index (χ1n) is 8.55. The fourth-order valence-corrected chi connectivity index (χ4v) is 2.93. The van der Waals surface area contributed by atoms with E-state index in [2.05, 4.69) is 0 Å². The van der Waals surface area contributed by atoms with Crippen LogP contribution in [0.2, 0.25) is 0 Å². The van der Waals surface area contributed by atoms with Gasteiger partial charge in [-0.2, -0.15) is 0 Å². The van der Waals surface area contributed by atoms with Crippen molar-refractivity contribution in [1.29, 1.82) is 0 Å². The lowest BCUT2D eigenvalue weighted by Gasteiger charge is -2.45. The van der Waals surface area contributed by atoms with Crippen LogP contribution in [0.25, 0.3) is 0 Å². The van der Waals surface area contributed by atoms with E-state index in [1.54, 1.807) is 0 Å². The summed E-state index contributed by atoms with van der Waals surface area (Å²) in [6, 6.07) is 0. The molecule has 2 saturated heterocycles. The van der Waals surface area contributed by atoms with Crippen molar-refractivity contribution in [3.05, 3.63) is 0 Å². The molecule has 10 atom stereocenters. The quantitative estimate of drug-likeness (QED) is 0.228. The molecule has 2 fully saturated rings. The van der Waals surface area contributed by atoms with Crippen LogP contribution in [0.3, 0.4) is 0 Å². The Morgan fingerprint density at radius 2 is 1.31 bits per heavy atom. The number of rotatable bonds is 7. The fourth-order valence-electron chi connectivity index (χ4n) is 2.93. The maximum atomic E-state index is 10.3. The van der Waals surface area contributed by atoms with Gasteiger partial charge in [-0.3, -0.25) is 0 Å². The van der Waals surface area contributed by atoms with Crippen molar-refractivity contribution in [2.75, 3.05) is 19.8 Å². The van der Waals surface area contributed by atoms with Crippen LogP contribution in [0, 0.1) is 0 Å². The molecule has 0 aromatic heterocycles. The minimum atomic E-state index is -1.69. The highest BCUT2D eigenvalue weighted by atomic mass is 16.7. The highest BCUT2D eigenvalue weighted by Crippen LogP contribution is 2.29. The third-order valence-electron chi connectivity index (χ3n) is 4.45. The molecular formula is C15H28O11. The van der Waals surface area contributed by atoms with Crippen LogP contribution in [0.1, 0.15) is 13.3 Å². The van der Waals surface area contributed by atoms with E-state index in [9.17, 15) is 35.7 Å². The van der Waals surface area contributed by atoms with E-state index in [0.717, 1.165) is 0 Å². The highest BCUT2D eigenvalue weighted by Gasteiger charge is 2.50. The van der Waals surface area contributed by atoms with Gasteiger partial charge < -0.3 is 54.7 Å². The van der Waals surface area contributed by atoms with Crippen LogP contribution in [0.15, 0.2) is 0 Å². The van der Waals surface area contributed by atoms with Gasteiger partial charge in [-0.1, -0.05) is 6.92 Å². The molecule has 26 heavy (non-hydrogen) atoms. The van der Waals surface area contributed by atoms with Gasteiger partial charge in [0.2, 0.25) is 0 Å². The minimum Gasteiger partial charge on any atom is -0.394 e. The molecule has 0 spiro atoms. The maximum Gasteiger partial charge on any atom is 0.187 e. The molecule has 2 aliphatic rings. The van der Waals surface area contributed by atoms with Crippen molar-refractivity contribution < 1.29 is 54.7 Å². The number of ether oxygens (including phenoxy) is 4. The summed E-state index contributed by atoms with van der Waals surface area (Å²) < 4.78 is 21.3. The van der Waals surface area contributed by atoms with Crippen LogP contribution in [0.4, 0.5) is 0 Å². The van der Waals surface area contributed by atoms with E-state index in [1.165, 1.54) is 0 Å². The van der Waals surface area contributed by atoms with Gasteiger partial charge in [0.25, 0.3) is 0 Å². The van der Waals surface area contributed by atoms with Gasteiger partial charge in [-0.25, -0.2) is 0 Å². The zero-order chi connectivity index (χ0) is 19.4. The van der Waals surface area contributed by atoms with Gasteiger partial charge in [0.15, 0.2) is 12.6 Å². The summed E-state index contributed by atoms with van der Waals surface area (Å²) in [4.78, 5) is 0. The molecule has 0 saturated carbocycles. The first-order chi connectivity index (χ1) is 12.3. The van der Waals surface area contributed by atoms with Crippen molar-refractivity contribution >= 4 is 0 Å². The molecule has 1 unspecified atom stereocenters. The number of aliphatic hydroxyl groups is 7. The lowest BCUT2D eigenvalue weighted by Crippen LogP contribution is -2.64. The highest BCUT2D eigenvalue weighted by molar-refractivity contribution is 4.94. The molecule has 154 valence electrons. The summed E-state index contributed by atoms with van der Waals surface area (Å²) in [6.45, 7) is 0.885. The summed E-state index contributed by atoms with van der Waals surface area (Å²) in [5, 5.41) is 68.7. The summed E-state index contributed by atoms with van der Waals surface area (Å²) in [7, 11) is 0. The predicted molar refractivity (Wildman–Crippen MR) is 82.6 cm³/mol. The van der Waals surface area contributed by atoms with Gasteiger partial charge in [0.1, 0.15) is 48.8 Å². The standard InChI is InChI=1S/C15H28O11/c1-2-3-23-14-12(22)10(20)13(7(5-17)25-14)26-15-11(21)9(19)8(18)6(4-16)24-15/h6-22H,2-5H2,1H3/t6-,7-,8+,9+,10-,11-,12-,13-,14?,15+/m1/s1. The maximum absolute atomic E-state index is 10.3. The number of aliphatic hydroxyl groups excluding tert-OH is 7. The molecule has 2 heterocycles. The van der Waals surface area contributed by atoms with E-state index in [-0.39, 0.29) is 6.61 Å². The minimum absolute atomic E-state index is 0.269. The van der Waals surface area contributed by atoms with Crippen molar-refractivity contribution in [3.63, 3.8) is 0 Å². The Bertz CT molecular complexity index is 420. The third-order valence-corrected chi connectivity index (χ3v) is 4.45. The van der Waals surface area contributed by atoms with E-state index in [4.69, 9.17) is 18.9 Å². The Hall–Kier alpha value is -0.440. The molecule has 0 bridgehead atoms. The molecule has 0 radical (unpaired) electrons. The average Bonchev–Trinajstić information content (AvgIpc) is 2.64. The Morgan fingerprint density at radius 3 is 1.88 bits per heavy atom. The van der Waals surface area contributed by atoms with Gasteiger partial charge in [-0.15, -0.1) is 0 Å². The largest absolute Gasteiger partial charge is 0.394 e. The van der Waals surface area contributed by atoms with Gasteiger partial charge in [-0.05, 0) is 6.42 Å². The number of hydrogen-bond donors (Lipinski definition) is 7. The predicted octanol–water partition coefficient (Wildman–Crippen LogP) is -3.96. The topological polar surface area (TPSA) is 179 Å². The average molecular weight is 384 g/mol. The summed E-state index contributed by atoms with van der Waals surface area (Å²) in [5.74, 6) is 0. The molecular weight excluding hydrogens is 356 g/mol. The zero-order valence-corrected chi connectivity index (χ0v) is 14.4. The van der Waals surface area contributed by atoms with Crippen molar-refractivity contribution in [3.8, 4) is 0 Å². The van der Waals surface area contributed by atoms with Gasteiger partial charge in [0.05, 0.1) is 13.2 Å². The second-order valence-corrected chi connectivity index (χ2v) is 6.38. The Labute approximate surface area is 150 Å². The lowest BCUT2D eigenvalue weighted by atomic mass is 9.97. The second kappa shape index (κ2) is 9.66. The van der Waals surface area contributed by atoms with Crippen LogP contribution in [0.5, 0.6) is 0 Å². The molecule has 7 N–H and O–H groups in total. The molecule has 0 aromatic carbocycles. The summed E-state index contributed by atoms with van der Waals surface area (Å²) in [5.41, 5.74) is 0. The summed E-state index contributed by atoms with van der Waals surface area (Å²) >= 11 is 0. The third kappa shape index (κ3) is 4.51. The Kier molecular flexibility index (Phi) is 8.12. The molecule has 0 aliphatic carbocycles. The lowest BCUT2D eigenvalue weighted by molar-refractivity contribution is -0.359. The van der Waals surface area contributed by atoms with Crippen LogP contribution in [-0.4, -0.2) is 117 Å². The van der Waals surface area contributed by atoms with E-state index < -0.39 is 74.6 Å². The van der Waals surface area contributed by atoms with E-state index in [0.29, 0.717) is 6.42 Å². The fraction of sp³-hybridized carbons (Fsp3) is 1.00. The number of hydrogen-bond acceptors (Lipinski definition) is 11. The van der Waals surface area contributed by atoms with Gasteiger partial charge in [0, 0.05) is 6.61 Å². The molecule has 2 rings (SSSR count). The van der Waals surface area contributed by atoms with Crippen molar-refractivity contribution in [2.24, 2.45) is 0 Å². The SMILES string of the molecule is CCCOC1O[C@H](CO)[C@@H](O[C@@H]2O[C@H](CO)[C@H](O)[C@H](O)[C@H]2O)[C@H](O)[C@H]1O. The Balaban J connectivity index is 2.09. The van der Waals surface area contributed by atoms with Crippen molar-refractivity contribution in [1.82, 2.24) is 0 Å². The van der Waals surface area contributed by atoms with E-state index >= 15 is 0 Å². The Morgan fingerprint density at radius 1 is 0.731 bits per heavy atom. The summed E-state index contributed by atoms with van der Waals surface area (Å²) in [6.07, 6.45) is -13.6. The molecule has 11 nitrogen and oxygen atoms in total. The molecule has 0 amide bonds. The molecule has 11 heteroatoms. The van der Waals surface area contributed by atoms with Crippen LogP contribution < -0.4 is 0 Å².